The van der Waals surface area contributed by atoms with Crippen molar-refractivity contribution in [1.82, 2.24) is 10.2 Å². The monoisotopic (exact) mass is 434 g/mol. The van der Waals surface area contributed by atoms with Gasteiger partial charge in [-0.15, -0.1) is 11.3 Å². The average Bonchev–Trinajstić information content (AvgIpc) is 3.38. The molecule has 3 amide bonds. The highest BCUT2D eigenvalue weighted by atomic mass is 32.1. The van der Waals surface area contributed by atoms with E-state index in [1.165, 1.54) is 9.78 Å². The van der Waals surface area contributed by atoms with E-state index in [0.29, 0.717) is 41.2 Å². The Morgan fingerprint density at radius 3 is 2.42 bits per heavy atom. The number of imide groups is 1. The number of amides is 3. The van der Waals surface area contributed by atoms with Crippen molar-refractivity contribution in [1.29, 1.82) is 0 Å². The van der Waals surface area contributed by atoms with Gasteiger partial charge in [-0.25, -0.2) is 0 Å². The van der Waals surface area contributed by atoms with E-state index in [9.17, 15) is 14.4 Å². The lowest BCUT2D eigenvalue weighted by Gasteiger charge is -2.16. The number of carbonyl (C=O) groups excluding carboxylic acids is 3. The predicted octanol–water partition coefficient (Wildman–Crippen LogP) is 3.92. The number of thiophene rings is 1. The molecule has 1 aromatic heterocycles. The van der Waals surface area contributed by atoms with E-state index in [1.54, 1.807) is 53.8 Å². The second-order valence-electron chi connectivity index (χ2n) is 7.09. The number of benzene rings is 2. The molecule has 1 aliphatic rings. The smallest absolute Gasteiger partial charge is 0.261 e. The van der Waals surface area contributed by atoms with Crippen molar-refractivity contribution >= 4 is 29.1 Å². The molecule has 0 atom stereocenters. The van der Waals surface area contributed by atoms with E-state index < -0.39 is 0 Å². The molecule has 0 radical (unpaired) electrons. The average molecular weight is 435 g/mol. The largest absolute Gasteiger partial charge is 0.493 e. The summed E-state index contributed by atoms with van der Waals surface area (Å²) in [4.78, 5) is 40.5. The lowest BCUT2D eigenvalue weighted by atomic mass is 10.1. The first-order valence-electron chi connectivity index (χ1n) is 10.1. The lowest BCUT2D eigenvalue weighted by Crippen LogP contribution is -2.29. The van der Waals surface area contributed by atoms with Crippen LogP contribution in [0.15, 0.2) is 60.0 Å². The Morgan fingerprint density at radius 1 is 1.03 bits per heavy atom. The molecular weight excluding hydrogens is 412 g/mol. The van der Waals surface area contributed by atoms with Gasteiger partial charge in [-0.1, -0.05) is 24.3 Å². The van der Waals surface area contributed by atoms with Crippen molar-refractivity contribution in [3.8, 4) is 5.75 Å². The van der Waals surface area contributed by atoms with Crippen LogP contribution < -0.4 is 10.1 Å². The van der Waals surface area contributed by atoms with Gasteiger partial charge in [0.25, 0.3) is 17.7 Å². The van der Waals surface area contributed by atoms with Crippen LogP contribution in [-0.4, -0.2) is 35.8 Å². The molecule has 0 saturated carbocycles. The fourth-order valence-electron chi connectivity index (χ4n) is 3.55. The van der Waals surface area contributed by atoms with E-state index in [0.717, 1.165) is 6.42 Å². The fraction of sp³-hybridized carbons (Fsp3) is 0.208. The van der Waals surface area contributed by atoms with Gasteiger partial charge in [-0.2, -0.15) is 0 Å². The van der Waals surface area contributed by atoms with Gasteiger partial charge in [0.05, 0.1) is 29.8 Å². The number of nitrogens with zero attached hydrogens (tertiary/aromatic N) is 1. The summed E-state index contributed by atoms with van der Waals surface area (Å²) >= 11 is 1.65. The van der Waals surface area contributed by atoms with Crippen molar-refractivity contribution in [2.45, 2.75) is 19.9 Å². The minimum atomic E-state index is -0.323. The van der Waals surface area contributed by atoms with Gasteiger partial charge in [-0.3, -0.25) is 19.3 Å². The molecule has 31 heavy (non-hydrogen) atoms. The van der Waals surface area contributed by atoms with Crippen LogP contribution in [0.1, 0.15) is 48.4 Å². The van der Waals surface area contributed by atoms with Crippen molar-refractivity contribution in [3.05, 3.63) is 87.1 Å². The van der Waals surface area contributed by atoms with E-state index in [2.05, 4.69) is 5.32 Å². The fourth-order valence-corrected chi connectivity index (χ4v) is 4.26. The van der Waals surface area contributed by atoms with Crippen LogP contribution in [-0.2, 0) is 13.0 Å². The maximum atomic E-state index is 12.8. The Balaban J connectivity index is 1.51. The normalized spacial score (nSPS) is 12.7. The number of ether oxygens (including phenoxy) is 1. The molecule has 0 aliphatic carbocycles. The van der Waals surface area contributed by atoms with E-state index in [1.807, 2.05) is 24.4 Å². The summed E-state index contributed by atoms with van der Waals surface area (Å²) in [5.41, 5.74) is 1.89. The zero-order chi connectivity index (χ0) is 21.8. The van der Waals surface area contributed by atoms with E-state index in [-0.39, 0.29) is 24.3 Å². The lowest BCUT2D eigenvalue weighted by molar-refractivity contribution is 0.0642. The van der Waals surface area contributed by atoms with E-state index >= 15 is 0 Å². The summed E-state index contributed by atoms with van der Waals surface area (Å²) in [6.07, 6.45) is 0.752. The van der Waals surface area contributed by atoms with Crippen molar-refractivity contribution in [3.63, 3.8) is 0 Å². The molecule has 0 saturated heterocycles. The Hall–Kier alpha value is -3.45. The van der Waals surface area contributed by atoms with Crippen LogP contribution in [0.4, 0.5) is 0 Å². The summed E-state index contributed by atoms with van der Waals surface area (Å²) in [7, 11) is 0. The molecule has 2 heterocycles. The molecule has 4 rings (SSSR count). The Labute approximate surface area is 184 Å². The highest BCUT2D eigenvalue weighted by Gasteiger charge is 2.35. The third-order valence-electron chi connectivity index (χ3n) is 5.04. The first-order chi connectivity index (χ1) is 15.1. The summed E-state index contributed by atoms with van der Waals surface area (Å²) in [6.45, 7) is 2.88. The molecule has 0 unspecified atom stereocenters. The number of hydrogen-bond donors (Lipinski definition) is 1. The quantitative estimate of drug-likeness (QED) is 0.546. The number of carbonyl (C=O) groups is 3. The van der Waals surface area contributed by atoms with Crippen molar-refractivity contribution in [2.75, 3.05) is 13.2 Å². The molecule has 3 aromatic rings. The molecule has 0 bridgehead atoms. The van der Waals surface area contributed by atoms with Crippen LogP contribution in [0.2, 0.25) is 0 Å². The number of fused-ring (bicyclic) bond motifs is 1. The van der Waals surface area contributed by atoms with Gasteiger partial charge < -0.3 is 10.1 Å². The second kappa shape index (κ2) is 9.14. The van der Waals surface area contributed by atoms with Crippen LogP contribution in [0.25, 0.3) is 0 Å². The number of nitrogens with one attached hydrogen (secondary N) is 1. The maximum Gasteiger partial charge on any atom is 0.261 e. The molecule has 6 nitrogen and oxygen atoms in total. The summed E-state index contributed by atoms with van der Waals surface area (Å²) in [6, 6.07) is 16.0. The van der Waals surface area contributed by atoms with Crippen molar-refractivity contribution < 1.29 is 19.1 Å². The maximum absolute atomic E-state index is 12.8. The summed E-state index contributed by atoms with van der Waals surface area (Å²) in [5.74, 6) is -0.417. The molecular formula is C24H22N2O4S. The number of hydrogen-bond acceptors (Lipinski definition) is 5. The van der Waals surface area contributed by atoms with Crippen LogP contribution in [0.3, 0.4) is 0 Å². The molecule has 7 heteroatoms. The molecule has 1 aliphatic heterocycles. The molecule has 158 valence electrons. The zero-order valence-electron chi connectivity index (χ0n) is 17.1. The Morgan fingerprint density at radius 2 is 1.77 bits per heavy atom. The van der Waals surface area contributed by atoms with Crippen molar-refractivity contribution in [2.24, 2.45) is 0 Å². The zero-order valence-corrected chi connectivity index (χ0v) is 17.9. The van der Waals surface area contributed by atoms with Gasteiger partial charge in [0.2, 0.25) is 0 Å². The standard InChI is InChI=1S/C24H22N2O4S/c1-2-30-21-10-9-16(14-20(21)22(27)25-12-11-17-6-5-13-31-17)15-26-23(28)18-7-3-4-8-19(18)24(26)29/h3-10,13-14H,2,11-12,15H2,1H3,(H,25,27). The third-order valence-corrected chi connectivity index (χ3v) is 5.98. The van der Waals surface area contributed by atoms with Gasteiger partial charge in [0.15, 0.2) is 0 Å². The Kier molecular flexibility index (Phi) is 6.13. The number of rotatable bonds is 8. The summed E-state index contributed by atoms with van der Waals surface area (Å²) < 4.78 is 5.62. The molecule has 2 aromatic carbocycles. The third kappa shape index (κ3) is 4.36. The van der Waals surface area contributed by atoms with Gasteiger partial charge in [0.1, 0.15) is 5.75 Å². The molecule has 0 fully saturated rings. The predicted molar refractivity (Wildman–Crippen MR) is 119 cm³/mol. The van der Waals surface area contributed by atoms with E-state index in [4.69, 9.17) is 4.74 Å². The van der Waals surface area contributed by atoms with Gasteiger partial charge in [-0.05, 0) is 54.6 Å². The first kappa shape index (κ1) is 20.8. The first-order valence-corrected chi connectivity index (χ1v) is 11.0. The van der Waals surface area contributed by atoms with Crippen LogP contribution >= 0.6 is 11.3 Å². The highest BCUT2D eigenvalue weighted by molar-refractivity contribution is 7.09. The van der Waals surface area contributed by atoms with Crippen LogP contribution in [0, 0.1) is 0 Å². The minimum Gasteiger partial charge on any atom is -0.493 e. The second-order valence-corrected chi connectivity index (χ2v) is 8.12. The highest BCUT2D eigenvalue weighted by Crippen LogP contribution is 2.26. The minimum absolute atomic E-state index is 0.0915. The topological polar surface area (TPSA) is 75.7 Å². The van der Waals surface area contributed by atoms with Gasteiger partial charge >= 0.3 is 0 Å². The molecule has 1 N–H and O–H groups in total. The van der Waals surface area contributed by atoms with Gasteiger partial charge in [0, 0.05) is 11.4 Å². The van der Waals surface area contributed by atoms with Crippen LogP contribution in [0.5, 0.6) is 5.75 Å². The SMILES string of the molecule is CCOc1ccc(CN2C(=O)c3ccccc3C2=O)cc1C(=O)NCCc1cccs1. The molecule has 0 spiro atoms. The Bertz CT molecular complexity index is 1090. The summed E-state index contributed by atoms with van der Waals surface area (Å²) in [5, 5.41) is 4.94.